The zero-order valence-electron chi connectivity index (χ0n) is 11.8. The molecule has 1 unspecified atom stereocenters. The van der Waals surface area contributed by atoms with Gasteiger partial charge in [0.15, 0.2) is 0 Å². The summed E-state index contributed by atoms with van der Waals surface area (Å²) in [6, 6.07) is 4.49. The summed E-state index contributed by atoms with van der Waals surface area (Å²) in [4.78, 5) is 8.88. The van der Waals surface area contributed by atoms with E-state index in [1.807, 2.05) is 12.3 Å². The SMILES string of the molecule is CCN(Cc1ccc(NN)nc1)C(C)CN(C)C. The van der Waals surface area contributed by atoms with Crippen LogP contribution in [0.25, 0.3) is 0 Å². The highest BCUT2D eigenvalue weighted by molar-refractivity contribution is 5.33. The summed E-state index contributed by atoms with van der Waals surface area (Å²) in [5.74, 6) is 6.00. The summed E-state index contributed by atoms with van der Waals surface area (Å²) >= 11 is 0. The normalized spacial score (nSPS) is 13.1. The predicted molar refractivity (Wildman–Crippen MR) is 76.1 cm³/mol. The van der Waals surface area contributed by atoms with Crippen molar-refractivity contribution in [3.63, 3.8) is 0 Å². The van der Waals surface area contributed by atoms with Crippen molar-refractivity contribution in [2.75, 3.05) is 32.6 Å². The first kappa shape index (κ1) is 14.9. The van der Waals surface area contributed by atoms with Crippen LogP contribution in [0.15, 0.2) is 18.3 Å². The number of likely N-dealkylation sites (N-methyl/N-ethyl adjacent to an activating group) is 2. The quantitative estimate of drug-likeness (QED) is 0.562. The first-order valence-electron chi connectivity index (χ1n) is 6.37. The fourth-order valence-electron chi connectivity index (χ4n) is 2.06. The Morgan fingerprint density at radius 1 is 1.39 bits per heavy atom. The standard InChI is InChI=1S/C13H25N5/c1-5-18(11(2)9-17(3)4)10-12-6-7-13(16-14)15-8-12/h6-8,11H,5,9-10,14H2,1-4H3,(H,15,16). The summed E-state index contributed by atoms with van der Waals surface area (Å²) < 4.78 is 0. The van der Waals surface area contributed by atoms with Gasteiger partial charge >= 0.3 is 0 Å². The zero-order valence-corrected chi connectivity index (χ0v) is 11.8. The maximum Gasteiger partial charge on any atom is 0.139 e. The van der Waals surface area contributed by atoms with Crippen molar-refractivity contribution < 1.29 is 0 Å². The number of hydrogen-bond acceptors (Lipinski definition) is 5. The lowest BCUT2D eigenvalue weighted by atomic mass is 10.2. The van der Waals surface area contributed by atoms with Gasteiger partial charge in [0.1, 0.15) is 5.82 Å². The van der Waals surface area contributed by atoms with Gasteiger partial charge in [-0.3, -0.25) is 4.90 Å². The summed E-state index contributed by atoms with van der Waals surface area (Å²) in [6.07, 6.45) is 1.88. The molecule has 0 spiro atoms. The van der Waals surface area contributed by atoms with Gasteiger partial charge in [0.2, 0.25) is 0 Å². The Labute approximate surface area is 110 Å². The second kappa shape index (κ2) is 7.31. The highest BCUT2D eigenvalue weighted by Gasteiger charge is 2.13. The van der Waals surface area contributed by atoms with Gasteiger partial charge in [-0.05, 0) is 39.2 Å². The van der Waals surface area contributed by atoms with E-state index >= 15 is 0 Å². The molecule has 102 valence electrons. The van der Waals surface area contributed by atoms with Crippen molar-refractivity contribution in [3.8, 4) is 0 Å². The second-order valence-electron chi connectivity index (χ2n) is 4.87. The Morgan fingerprint density at radius 3 is 2.56 bits per heavy atom. The Hall–Kier alpha value is -1.17. The number of nitrogen functional groups attached to an aromatic ring is 1. The summed E-state index contributed by atoms with van der Waals surface area (Å²) in [6.45, 7) is 7.46. The van der Waals surface area contributed by atoms with Crippen LogP contribution in [0.1, 0.15) is 19.4 Å². The number of rotatable bonds is 7. The van der Waals surface area contributed by atoms with Gasteiger partial charge < -0.3 is 10.3 Å². The minimum Gasteiger partial charge on any atom is -0.308 e. The highest BCUT2D eigenvalue weighted by atomic mass is 15.2. The van der Waals surface area contributed by atoms with Crippen LogP contribution >= 0.6 is 0 Å². The van der Waals surface area contributed by atoms with Gasteiger partial charge in [-0.25, -0.2) is 10.8 Å². The first-order valence-corrected chi connectivity index (χ1v) is 6.37. The predicted octanol–water partition coefficient (Wildman–Crippen LogP) is 1.14. The maximum absolute atomic E-state index is 5.30. The van der Waals surface area contributed by atoms with Crippen molar-refractivity contribution in [1.82, 2.24) is 14.8 Å². The van der Waals surface area contributed by atoms with Gasteiger partial charge in [-0.2, -0.15) is 0 Å². The molecule has 0 bridgehead atoms. The third kappa shape index (κ3) is 4.60. The largest absolute Gasteiger partial charge is 0.308 e. The number of pyridine rings is 1. The van der Waals surface area contributed by atoms with Crippen LogP contribution < -0.4 is 11.3 Å². The van der Waals surface area contributed by atoms with E-state index < -0.39 is 0 Å². The molecule has 0 aliphatic rings. The molecule has 18 heavy (non-hydrogen) atoms. The molecule has 0 fully saturated rings. The molecule has 0 aliphatic carbocycles. The number of nitrogens with one attached hydrogen (secondary N) is 1. The summed E-state index contributed by atoms with van der Waals surface area (Å²) in [5.41, 5.74) is 3.75. The number of hydrazine groups is 1. The van der Waals surface area contributed by atoms with Crippen molar-refractivity contribution >= 4 is 5.82 Å². The fraction of sp³-hybridized carbons (Fsp3) is 0.615. The van der Waals surface area contributed by atoms with E-state index in [4.69, 9.17) is 5.84 Å². The van der Waals surface area contributed by atoms with Gasteiger partial charge in [-0.1, -0.05) is 13.0 Å². The third-order valence-corrected chi connectivity index (χ3v) is 3.02. The van der Waals surface area contributed by atoms with Crippen molar-refractivity contribution in [2.45, 2.75) is 26.4 Å². The minimum absolute atomic E-state index is 0.525. The molecule has 0 amide bonds. The molecule has 1 aromatic heterocycles. The van der Waals surface area contributed by atoms with Crippen LogP contribution in [-0.4, -0.2) is 48.0 Å². The molecule has 1 heterocycles. The molecule has 5 nitrogen and oxygen atoms in total. The molecule has 5 heteroatoms. The average molecular weight is 251 g/mol. The average Bonchev–Trinajstić information content (AvgIpc) is 2.35. The number of nitrogens with two attached hydrogens (primary N) is 1. The molecule has 0 radical (unpaired) electrons. The van der Waals surface area contributed by atoms with Crippen LogP contribution in [0.5, 0.6) is 0 Å². The maximum atomic E-state index is 5.30. The topological polar surface area (TPSA) is 57.4 Å². The van der Waals surface area contributed by atoms with E-state index in [-0.39, 0.29) is 0 Å². The van der Waals surface area contributed by atoms with E-state index in [9.17, 15) is 0 Å². The number of hydrogen-bond donors (Lipinski definition) is 2. The fourth-order valence-corrected chi connectivity index (χ4v) is 2.06. The first-order chi connectivity index (χ1) is 8.56. The molecule has 1 atom stereocenters. The Bertz CT molecular complexity index is 336. The molecule has 0 aromatic carbocycles. The van der Waals surface area contributed by atoms with Gasteiger partial charge in [0.05, 0.1) is 0 Å². The lowest BCUT2D eigenvalue weighted by molar-refractivity contribution is 0.174. The number of anilines is 1. The van der Waals surface area contributed by atoms with E-state index in [0.29, 0.717) is 11.9 Å². The van der Waals surface area contributed by atoms with Crippen LogP contribution in [-0.2, 0) is 6.54 Å². The van der Waals surface area contributed by atoms with E-state index in [2.05, 4.69) is 54.2 Å². The van der Waals surface area contributed by atoms with Gasteiger partial charge in [-0.15, -0.1) is 0 Å². The molecule has 1 aromatic rings. The second-order valence-corrected chi connectivity index (χ2v) is 4.87. The van der Waals surface area contributed by atoms with Crippen LogP contribution in [0.4, 0.5) is 5.82 Å². The van der Waals surface area contributed by atoms with Gasteiger partial charge in [0.25, 0.3) is 0 Å². The molecule has 3 N–H and O–H groups in total. The Morgan fingerprint density at radius 2 is 2.11 bits per heavy atom. The molecule has 0 saturated carbocycles. The van der Waals surface area contributed by atoms with E-state index in [1.165, 1.54) is 5.56 Å². The van der Waals surface area contributed by atoms with E-state index in [1.54, 1.807) is 0 Å². The van der Waals surface area contributed by atoms with E-state index in [0.717, 1.165) is 19.6 Å². The van der Waals surface area contributed by atoms with Gasteiger partial charge in [0, 0.05) is 25.3 Å². The van der Waals surface area contributed by atoms with Crippen LogP contribution in [0, 0.1) is 0 Å². The van der Waals surface area contributed by atoms with Crippen molar-refractivity contribution in [3.05, 3.63) is 23.9 Å². The van der Waals surface area contributed by atoms with Crippen molar-refractivity contribution in [2.24, 2.45) is 5.84 Å². The minimum atomic E-state index is 0.525. The number of aromatic nitrogens is 1. The monoisotopic (exact) mass is 251 g/mol. The highest BCUT2D eigenvalue weighted by Crippen LogP contribution is 2.10. The molecule has 1 rings (SSSR count). The van der Waals surface area contributed by atoms with Crippen molar-refractivity contribution in [1.29, 1.82) is 0 Å². The van der Waals surface area contributed by atoms with Crippen LogP contribution in [0.2, 0.25) is 0 Å². The number of nitrogens with zero attached hydrogens (tertiary/aromatic N) is 3. The zero-order chi connectivity index (χ0) is 13.5. The Balaban J connectivity index is 2.61. The molecule has 0 saturated heterocycles. The lowest BCUT2D eigenvalue weighted by Gasteiger charge is -2.29. The lowest BCUT2D eigenvalue weighted by Crippen LogP contribution is -2.39. The van der Waals surface area contributed by atoms with Crippen LogP contribution in [0.3, 0.4) is 0 Å². The summed E-state index contributed by atoms with van der Waals surface area (Å²) in [5, 5.41) is 0. The third-order valence-electron chi connectivity index (χ3n) is 3.02. The molecular weight excluding hydrogens is 226 g/mol. The Kier molecular flexibility index (Phi) is 6.04. The smallest absolute Gasteiger partial charge is 0.139 e. The molecule has 0 aliphatic heterocycles. The molecular formula is C13H25N5. The summed E-state index contributed by atoms with van der Waals surface area (Å²) in [7, 11) is 4.21.